The maximum atomic E-state index is 13.7. The summed E-state index contributed by atoms with van der Waals surface area (Å²) in [7, 11) is 0. The molecular formula is C25H27N3O3S. The summed E-state index contributed by atoms with van der Waals surface area (Å²) in [6, 6.07) is 15.4. The molecule has 4 atom stereocenters. The topological polar surface area (TPSA) is 78.5 Å². The molecule has 5 rings (SSSR count). The van der Waals surface area contributed by atoms with Gasteiger partial charge in [-0.3, -0.25) is 24.6 Å². The van der Waals surface area contributed by atoms with E-state index in [1.807, 2.05) is 61.7 Å². The fourth-order valence-corrected chi connectivity index (χ4v) is 6.06. The van der Waals surface area contributed by atoms with Crippen LogP contribution in [0.5, 0.6) is 0 Å². The highest BCUT2D eigenvalue weighted by Crippen LogP contribution is 2.53. The van der Waals surface area contributed by atoms with Gasteiger partial charge in [-0.15, -0.1) is 0 Å². The summed E-state index contributed by atoms with van der Waals surface area (Å²) in [5, 5.41) is 6.46. The number of likely N-dealkylation sites (tertiary alicyclic amines) is 1. The molecule has 3 aliphatic heterocycles. The maximum Gasteiger partial charge on any atom is 0.250 e. The van der Waals surface area contributed by atoms with E-state index in [0.29, 0.717) is 13.0 Å². The van der Waals surface area contributed by atoms with E-state index in [1.54, 1.807) is 11.8 Å². The van der Waals surface area contributed by atoms with Gasteiger partial charge < -0.3 is 5.32 Å². The predicted molar refractivity (Wildman–Crippen MR) is 125 cm³/mol. The molecule has 7 heteroatoms. The summed E-state index contributed by atoms with van der Waals surface area (Å²) in [6.45, 7) is 2.31. The van der Waals surface area contributed by atoms with Crippen molar-refractivity contribution in [1.29, 1.82) is 0 Å². The number of rotatable bonds is 6. The van der Waals surface area contributed by atoms with E-state index in [1.165, 1.54) is 4.90 Å². The molecule has 0 bridgehead atoms. The van der Waals surface area contributed by atoms with Crippen molar-refractivity contribution in [3.63, 3.8) is 0 Å². The molecule has 0 saturated carbocycles. The molecule has 0 aromatic heterocycles. The highest BCUT2D eigenvalue weighted by Gasteiger charge is 2.70. The van der Waals surface area contributed by atoms with Crippen LogP contribution < -0.4 is 10.6 Å². The van der Waals surface area contributed by atoms with E-state index in [2.05, 4.69) is 10.6 Å². The van der Waals surface area contributed by atoms with Gasteiger partial charge in [0.05, 0.1) is 11.8 Å². The Bertz CT molecular complexity index is 1090. The van der Waals surface area contributed by atoms with Gasteiger partial charge in [0, 0.05) is 23.8 Å². The second-order valence-corrected chi connectivity index (χ2v) is 9.90. The third-order valence-electron chi connectivity index (χ3n) is 7.06. The quantitative estimate of drug-likeness (QED) is 0.663. The van der Waals surface area contributed by atoms with Gasteiger partial charge in [0.1, 0.15) is 5.54 Å². The zero-order valence-electron chi connectivity index (χ0n) is 18.3. The molecule has 3 aliphatic rings. The molecule has 6 nitrogen and oxygen atoms in total. The molecule has 1 spiro atoms. The number of fused-ring (bicyclic) bond motifs is 4. The summed E-state index contributed by atoms with van der Waals surface area (Å²) < 4.78 is 0. The van der Waals surface area contributed by atoms with Crippen LogP contribution in [0.3, 0.4) is 0 Å². The van der Waals surface area contributed by atoms with Crippen LogP contribution in [0.2, 0.25) is 0 Å². The second kappa shape index (κ2) is 8.05. The Labute approximate surface area is 192 Å². The fourth-order valence-electron chi connectivity index (χ4n) is 5.57. The standard InChI is InChI=1S/C25H27N3O3S/c1-15-8-9-18-17(14-15)25(24(31)26-18)21-20(19(27-25)11-13-32-2)22(29)28(23(21)30)12-10-16-6-4-3-5-7-16/h3-9,14,19-21,27H,10-13H2,1-2H3,(H,26,31)/t19-,20+,21+,25+/m0/s1. The van der Waals surface area contributed by atoms with Crippen LogP contribution >= 0.6 is 11.8 Å². The molecule has 2 saturated heterocycles. The molecule has 0 aliphatic carbocycles. The number of amides is 3. The Hall–Kier alpha value is -2.64. The number of aryl methyl sites for hydroxylation is 1. The van der Waals surface area contributed by atoms with Crippen LogP contribution in [-0.4, -0.2) is 47.2 Å². The van der Waals surface area contributed by atoms with Crippen LogP contribution in [0.25, 0.3) is 0 Å². The number of hydrogen-bond acceptors (Lipinski definition) is 5. The fraction of sp³-hybridized carbons (Fsp3) is 0.400. The van der Waals surface area contributed by atoms with E-state index in [9.17, 15) is 14.4 Å². The van der Waals surface area contributed by atoms with Crippen molar-refractivity contribution in [2.75, 3.05) is 23.9 Å². The van der Waals surface area contributed by atoms with Crippen molar-refractivity contribution in [3.05, 3.63) is 65.2 Å². The first kappa shape index (κ1) is 21.2. The highest BCUT2D eigenvalue weighted by molar-refractivity contribution is 7.98. The second-order valence-electron chi connectivity index (χ2n) is 8.91. The van der Waals surface area contributed by atoms with E-state index < -0.39 is 17.4 Å². The Morgan fingerprint density at radius 2 is 1.84 bits per heavy atom. The molecule has 0 unspecified atom stereocenters. The van der Waals surface area contributed by atoms with Gasteiger partial charge in [-0.25, -0.2) is 0 Å². The van der Waals surface area contributed by atoms with Gasteiger partial charge in [-0.05, 0) is 43.4 Å². The van der Waals surface area contributed by atoms with Crippen LogP contribution in [-0.2, 0) is 26.3 Å². The number of benzene rings is 2. The van der Waals surface area contributed by atoms with E-state index in [4.69, 9.17) is 0 Å². The highest BCUT2D eigenvalue weighted by atomic mass is 32.2. The summed E-state index contributed by atoms with van der Waals surface area (Å²) in [4.78, 5) is 42.1. The van der Waals surface area contributed by atoms with Gasteiger partial charge in [-0.1, -0.05) is 48.0 Å². The Balaban J connectivity index is 1.53. The van der Waals surface area contributed by atoms with Gasteiger partial charge in [0.25, 0.3) is 0 Å². The molecule has 3 amide bonds. The number of thioether (sulfide) groups is 1. The van der Waals surface area contributed by atoms with Crippen molar-refractivity contribution in [1.82, 2.24) is 10.2 Å². The minimum Gasteiger partial charge on any atom is -0.324 e. The summed E-state index contributed by atoms with van der Waals surface area (Å²) in [5.74, 6) is -1.01. The number of nitrogens with one attached hydrogen (secondary N) is 2. The van der Waals surface area contributed by atoms with Crippen molar-refractivity contribution in [3.8, 4) is 0 Å². The number of carbonyl (C=O) groups excluding carboxylic acids is 3. The van der Waals surface area contributed by atoms with Crippen molar-refractivity contribution >= 4 is 35.2 Å². The van der Waals surface area contributed by atoms with Crippen LogP contribution in [0, 0.1) is 18.8 Å². The lowest BCUT2D eigenvalue weighted by atomic mass is 9.76. The third-order valence-corrected chi connectivity index (χ3v) is 7.71. The monoisotopic (exact) mass is 449 g/mol. The molecule has 2 fully saturated rings. The third kappa shape index (κ3) is 3.10. The van der Waals surface area contributed by atoms with E-state index in [-0.39, 0.29) is 23.8 Å². The van der Waals surface area contributed by atoms with Gasteiger partial charge in [-0.2, -0.15) is 11.8 Å². The molecule has 0 radical (unpaired) electrons. The normalized spacial score (nSPS) is 28.4. The maximum absolute atomic E-state index is 13.7. The smallest absolute Gasteiger partial charge is 0.250 e. The Morgan fingerprint density at radius 1 is 1.06 bits per heavy atom. The number of nitrogens with zero attached hydrogens (tertiary/aromatic N) is 1. The Kier molecular flexibility index (Phi) is 5.34. The molecular weight excluding hydrogens is 422 g/mol. The van der Waals surface area contributed by atoms with Gasteiger partial charge in [0.15, 0.2) is 0 Å². The zero-order chi connectivity index (χ0) is 22.5. The van der Waals surface area contributed by atoms with Gasteiger partial charge >= 0.3 is 0 Å². The van der Waals surface area contributed by atoms with Gasteiger partial charge in [0.2, 0.25) is 17.7 Å². The van der Waals surface area contributed by atoms with Crippen molar-refractivity contribution in [2.24, 2.45) is 11.8 Å². The molecule has 2 aromatic rings. The first-order valence-electron chi connectivity index (χ1n) is 11.1. The van der Waals surface area contributed by atoms with Crippen molar-refractivity contribution < 1.29 is 14.4 Å². The van der Waals surface area contributed by atoms with Crippen LogP contribution in [0.4, 0.5) is 5.69 Å². The summed E-state index contributed by atoms with van der Waals surface area (Å²) in [5.41, 5.74) is 2.42. The average Bonchev–Trinajstić information content (AvgIpc) is 3.37. The van der Waals surface area contributed by atoms with E-state index >= 15 is 0 Å². The molecule has 2 aromatic carbocycles. The summed E-state index contributed by atoms with van der Waals surface area (Å²) >= 11 is 1.70. The van der Waals surface area contributed by atoms with Crippen LogP contribution in [0.15, 0.2) is 48.5 Å². The summed E-state index contributed by atoms with van der Waals surface area (Å²) in [6.07, 6.45) is 3.36. The van der Waals surface area contributed by atoms with Crippen LogP contribution in [0.1, 0.15) is 23.1 Å². The average molecular weight is 450 g/mol. The largest absolute Gasteiger partial charge is 0.324 e. The van der Waals surface area contributed by atoms with E-state index in [0.717, 1.165) is 34.6 Å². The SMILES string of the molecule is CSCC[C@@H]1N[C@@]2(C(=O)Nc3ccc(C)cc32)[C@H]2C(=O)N(CCc3ccccc3)C(=O)[C@H]12. The minimum atomic E-state index is -1.19. The minimum absolute atomic E-state index is 0.152. The molecule has 32 heavy (non-hydrogen) atoms. The lowest BCUT2D eigenvalue weighted by Crippen LogP contribution is -2.53. The van der Waals surface area contributed by atoms with Crippen molar-refractivity contribution in [2.45, 2.75) is 31.3 Å². The lowest BCUT2D eigenvalue weighted by molar-refractivity contribution is -0.142. The zero-order valence-corrected chi connectivity index (χ0v) is 19.1. The number of hydrogen-bond donors (Lipinski definition) is 2. The number of carbonyl (C=O) groups is 3. The lowest BCUT2D eigenvalue weighted by Gasteiger charge is -2.29. The first-order chi connectivity index (χ1) is 15.5. The molecule has 3 heterocycles. The molecule has 166 valence electrons. The first-order valence-corrected chi connectivity index (χ1v) is 12.4. The Morgan fingerprint density at radius 3 is 2.59 bits per heavy atom. The number of imide groups is 1. The number of anilines is 1. The predicted octanol–water partition coefficient (Wildman–Crippen LogP) is 2.71. The molecule has 2 N–H and O–H groups in total.